The molecule has 0 aliphatic heterocycles. The summed E-state index contributed by atoms with van der Waals surface area (Å²) < 4.78 is 1.86. The lowest BCUT2D eigenvalue weighted by molar-refractivity contribution is 0.0955. The van der Waals surface area contributed by atoms with Crippen LogP contribution < -0.4 is 5.43 Å². The zero-order valence-corrected chi connectivity index (χ0v) is 14.7. The molecule has 0 aliphatic carbocycles. The largest absolute Gasteiger partial charge is 0.271 e. The fourth-order valence-corrected chi connectivity index (χ4v) is 2.70. The molecule has 126 valence electrons. The normalized spacial score (nSPS) is 11.0. The van der Waals surface area contributed by atoms with Crippen LogP contribution in [0, 0.1) is 13.8 Å². The Balaban J connectivity index is 1.78. The number of hydrogen-bond donors (Lipinski definition) is 1. The van der Waals surface area contributed by atoms with E-state index in [0.717, 1.165) is 22.6 Å². The van der Waals surface area contributed by atoms with Gasteiger partial charge in [-0.2, -0.15) is 10.2 Å². The van der Waals surface area contributed by atoms with E-state index in [1.54, 1.807) is 30.5 Å². The number of carbonyl (C=O) groups is 1. The van der Waals surface area contributed by atoms with Crippen molar-refractivity contribution >= 4 is 23.7 Å². The van der Waals surface area contributed by atoms with Crippen LogP contribution in [0.15, 0.2) is 59.7 Å². The fourth-order valence-electron chi connectivity index (χ4n) is 2.51. The lowest BCUT2D eigenvalue weighted by Gasteiger charge is -2.03. The van der Waals surface area contributed by atoms with Crippen LogP contribution in [0.1, 0.15) is 27.3 Å². The number of nitrogens with one attached hydrogen (secondary N) is 1. The van der Waals surface area contributed by atoms with Crippen molar-refractivity contribution in [3.05, 3.63) is 82.1 Å². The molecule has 1 heterocycles. The Hall–Kier alpha value is -2.92. The third-order valence-electron chi connectivity index (χ3n) is 3.79. The number of hydrogen-bond acceptors (Lipinski definition) is 3. The van der Waals surface area contributed by atoms with Crippen molar-refractivity contribution in [3.63, 3.8) is 0 Å². The summed E-state index contributed by atoms with van der Waals surface area (Å²) in [7, 11) is 0. The monoisotopic (exact) mass is 352 g/mol. The summed E-state index contributed by atoms with van der Waals surface area (Å²) >= 11 is 5.89. The van der Waals surface area contributed by atoms with Gasteiger partial charge in [0, 0.05) is 16.1 Å². The molecule has 25 heavy (non-hydrogen) atoms. The first-order chi connectivity index (χ1) is 12.1. The Kier molecular flexibility index (Phi) is 4.95. The minimum atomic E-state index is -0.315. The molecule has 0 atom stereocenters. The van der Waals surface area contributed by atoms with Crippen molar-refractivity contribution in [2.24, 2.45) is 5.10 Å². The highest BCUT2D eigenvalue weighted by atomic mass is 35.5. The van der Waals surface area contributed by atoms with E-state index in [-0.39, 0.29) is 5.91 Å². The molecule has 1 amide bonds. The van der Waals surface area contributed by atoms with Gasteiger partial charge in [0.15, 0.2) is 0 Å². The molecule has 2 aromatic carbocycles. The van der Waals surface area contributed by atoms with Gasteiger partial charge in [-0.3, -0.25) is 4.79 Å². The average Bonchev–Trinajstić information content (AvgIpc) is 2.90. The fraction of sp³-hybridized carbons (Fsp3) is 0.105. The molecule has 1 N–H and O–H groups in total. The highest BCUT2D eigenvalue weighted by Crippen LogP contribution is 2.16. The Morgan fingerprint density at radius 2 is 1.92 bits per heavy atom. The van der Waals surface area contributed by atoms with Crippen molar-refractivity contribution in [1.29, 1.82) is 0 Å². The van der Waals surface area contributed by atoms with Gasteiger partial charge in [0.1, 0.15) is 0 Å². The van der Waals surface area contributed by atoms with E-state index in [4.69, 9.17) is 11.6 Å². The van der Waals surface area contributed by atoms with Crippen LogP contribution in [-0.2, 0) is 0 Å². The lowest BCUT2D eigenvalue weighted by Crippen LogP contribution is -2.17. The molecule has 0 saturated heterocycles. The van der Waals surface area contributed by atoms with Gasteiger partial charge in [0.25, 0.3) is 5.91 Å². The minimum Gasteiger partial charge on any atom is -0.267 e. The maximum absolute atomic E-state index is 12.1. The van der Waals surface area contributed by atoms with Crippen LogP contribution in [-0.4, -0.2) is 21.9 Å². The number of carbonyl (C=O) groups excluding carboxylic acids is 1. The molecule has 0 saturated carbocycles. The van der Waals surface area contributed by atoms with E-state index in [0.29, 0.717) is 10.6 Å². The standard InChI is InChI=1S/C19H17ClN4O/c1-13-18(14(2)24(23-13)17-9-4-3-5-10-17)12-21-22-19(25)15-7-6-8-16(20)11-15/h3-12H,1-2H3,(H,22,25). The number of rotatable bonds is 4. The highest BCUT2D eigenvalue weighted by Gasteiger charge is 2.11. The topological polar surface area (TPSA) is 59.3 Å². The van der Waals surface area contributed by atoms with Gasteiger partial charge < -0.3 is 0 Å². The Morgan fingerprint density at radius 1 is 1.16 bits per heavy atom. The second kappa shape index (κ2) is 7.32. The number of amides is 1. The summed E-state index contributed by atoms with van der Waals surface area (Å²) in [5.74, 6) is -0.315. The number of benzene rings is 2. The lowest BCUT2D eigenvalue weighted by atomic mass is 10.2. The molecule has 5 nitrogen and oxygen atoms in total. The number of aryl methyl sites for hydroxylation is 1. The highest BCUT2D eigenvalue weighted by molar-refractivity contribution is 6.30. The first kappa shape index (κ1) is 16.9. The molecular formula is C19H17ClN4O. The van der Waals surface area contributed by atoms with Crippen LogP contribution in [0.2, 0.25) is 5.02 Å². The van der Waals surface area contributed by atoms with Gasteiger partial charge in [0.05, 0.1) is 23.3 Å². The van der Waals surface area contributed by atoms with Crippen molar-refractivity contribution in [2.75, 3.05) is 0 Å². The third-order valence-corrected chi connectivity index (χ3v) is 4.03. The Morgan fingerprint density at radius 3 is 2.64 bits per heavy atom. The molecule has 3 rings (SSSR count). The molecule has 0 fully saturated rings. The molecule has 6 heteroatoms. The zero-order valence-electron chi connectivity index (χ0n) is 13.9. The molecule has 3 aromatic rings. The second-order valence-corrected chi connectivity index (χ2v) is 5.98. The van der Waals surface area contributed by atoms with Crippen molar-refractivity contribution in [3.8, 4) is 5.69 Å². The van der Waals surface area contributed by atoms with Gasteiger partial charge >= 0.3 is 0 Å². The summed E-state index contributed by atoms with van der Waals surface area (Å²) in [6, 6.07) is 16.6. The van der Waals surface area contributed by atoms with E-state index in [9.17, 15) is 4.79 Å². The molecule has 0 radical (unpaired) electrons. The molecular weight excluding hydrogens is 336 g/mol. The second-order valence-electron chi connectivity index (χ2n) is 5.54. The van der Waals surface area contributed by atoms with Crippen LogP contribution in [0.25, 0.3) is 5.69 Å². The predicted octanol–water partition coefficient (Wildman–Crippen LogP) is 3.91. The number of para-hydroxylation sites is 1. The summed E-state index contributed by atoms with van der Waals surface area (Å²) in [5, 5.41) is 9.11. The average molecular weight is 353 g/mol. The first-order valence-corrected chi connectivity index (χ1v) is 8.14. The third kappa shape index (κ3) is 3.78. The number of halogens is 1. The summed E-state index contributed by atoms with van der Waals surface area (Å²) in [4.78, 5) is 12.1. The van der Waals surface area contributed by atoms with Crippen LogP contribution in [0.4, 0.5) is 0 Å². The van der Waals surface area contributed by atoms with E-state index in [1.807, 2.05) is 48.9 Å². The van der Waals surface area contributed by atoms with Crippen LogP contribution in [0.3, 0.4) is 0 Å². The SMILES string of the molecule is Cc1nn(-c2ccccc2)c(C)c1C=NNC(=O)c1cccc(Cl)c1. The molecule has 0 aliphatic rings. The smallest absolute Gasteiger partial charge is 0.267 e. The minimum absolute atomic E-state index is 0.315. The van der Waals surface area contributed by atoms with E-state index >= 15 is 0 Å². The molecule has 0 bridgehead atoms. The maximum Gasteiger partial charge on any atom is 0.271 e. The van der Waals surface area contributed by atoms with Crippen molar-refractivity contribution in [2.45, 2.75) is 13.8 Å². The van der Waals surface area contributed by atoms with Gasteiger partial charge in [-0.05, 0) is 44.2 Å². The van der Waals surface area contributed by atoms with E-state index < -0.39 is 0 Å². The van der Waals surface area contributed by atoms with E-state index in [2.05, 4.69) is 15.6 Å². The maximum atomic E-state index is 12.1. The summed E-state index contributed by atoms with van der Waals surface area (Å²) in [6.45, 7) is 3.87. The van der Waals surface area contributed by atoms with Gasteiger partial charge in [-0.1, -0.05) is 35.9 Å². The van der Waals surface area contributed by atoms with Gasteiger partial charge in [-0.15, -0.1) is 0 Å². The number of nitrogens with zero attached hydrogens (tertiary/aromatic N) is 3. The van der Waals surface area contributed by atoms with Crippen LogP contribution >= 0.6 is 11.6 Å². The molecule has 0 spiro atoms. The van der Waals surface area contributed by atoms with Gasteiger partial charge in [0.2, 0.25) is 0 Å². The van der Waals surface area contributed by atoms with Crippen molar-refractivity contribution < 1.29 is 4.79 Å². The molecule has 1 aromatic heterocycles. The molecule has 0 unspecified atom stereocenters. The van der Waals surface area contributed by atoms with Crippen LogP contribution in [0.5, 0.6) is 0 Å². The van der Waals surface area contributed by atoms with Crippen molar-refractivity contribution in [1.82, 2.24) is 15.2 Å². The van der Waals surface area contributed by atoms with Gasteiger partial charge in [-0.25, -0.2) is 10.1 Å². The van der Waals surface area contributed by atoms with E-state index in [1.165, 1.54) is 0 Å². The number of aromatic nitrogens is 2. The Bertz CT molecular complexity index is 932. The quantitative estimate of drug-likeness (QED) is 0.571. The Labute approximate surface area is 150 Å². The zero-order chi connectivity index (χ0) is 17.8. The number of hydrazone groups is 1. The predicted molar refractivity (Wildman–Crippen MR) is 99.6 cm³/mol. The first-order valence-electron chi connectivity index (χ1n) is 7.77. The summed E-state index contributed by atoms with van der Waals surface area (Å²) in [6.07, 6.45) is 1.61. The summed E-state index contributed by atoms with van der Waals surface area (Å²) in [5.41, 5.74) is 6.60.